The Morgan fingerprint density at radius 2 is 1.81 bits per heavy atom. The average Bonchev–Trinajstić information content (AvgIpc) is 2.24. The number of nitrogens with zero attached hydrogens (tertiary/aromatic N) is 1. The Morgan fingerprint density at radius 1 is 1.19 bits per heavy atom. The molecule has 0 radical (unpaired) electrons. The lowest BCUT2D eigenvalue weighted by molar-refractivity contribution is -0.156. The average molecular weight is 299 g/mol. The van der Waals surface area contributed by atoms with Crippen LogP contribution < -0.4 is 0 Å². The molecule has 21 heavy (non-hydrogen) atoms. The summed E-state index contributed by atoms with van der Waals surface area (Å²) in [6, 6.07) is 0.0358. The quantitative estimate of drug-likeness (QED) is 0.588. The van der Waals surface area contributed by atoms with Crippen LogP contribution in [0.15, 0.2) is 0 Å². The van der Waals surface area contributed by atoms with Crippen LogP contribution in [0, 0.1) is 0 Å². The fourth-order valence-electron chi connectivity index (χ4n) is 2.58. The lowest BCUT2D eigenvalue weighted by atomic mass is 9.98. The number of carbonyl (C=O) groups is 2. The number of ether oxygens (including phenoxy) is 2. The normalized spacial score (nSPS) is 21.1. The Bertz CT molecular complexity index is 379. The van der Waals surface area contributed by atoms with Crippen LogP contribution in [0.25, 0.3) is 0 Å². The Morgan fingerprint density at radius 3 is 2.33 bits per heavy atom. The van der Waals surface area contributed by atoms with Crippen molar-refractivity contribution in [2.24, 2.45) is 0 Å². The van der Waals surface area contributed by atoms with Crippen molar-refractivity contribution in [1.29, 1.82) is 0 Å². The molecule has 0 aromatic rings. The van der Waals surface area contributed by atoms with E-state index in [1.165, 1.54) is 0 Å². The SMILES string of the molecule is CC(C)(C)OC(=O)CC(=O)CC1COCCN1C(C)(C)C. The van der Waals surface area contributed by atoms with Crippen molar-refractivity contribution in [1.82, 2.24) is 4.90 Å². The Labute approximate surface area is 128 Å². The lowest BCUT2D eigenvalue weighted by Crippen LogP contribution is -2.55. The van der Waals surface area contributed by atoms with Gasteiger partial charge in [-0.25, -0.2) is 0 Å². The van der Waals surface area contributed by atoms with E-state index in [-0.39, 0.29) is 23.8 Å². The molecule has 1 heterocycles. The van der Waals surface area contributed by atoms with Gasteiger partial charge in [-0.05, 0) is 41.5 Å². The Hall–Kier alpha value is -0.940. The molecule has 0 N–H and O–H groups in total. The number of hydrogen-bond donors (Lipinski definition) is 0. The lowest BCUT2D eigenvalue weighted by Gasteiger charge is -2.44. The predicted molar refractivity (Wildman–Crippen MR) is 81.2 cm³/mol. The first-order valence-electron chi connectivity index (χ1n) is 7.57. The number of Topliss-reactive ketones (excluding diaryl/α,β-unsaturated/α-hetero) is 1. The van der Waals surface area contributed by atoms with Gasteiger partial charge in [0.1, 0.15) is 17.8 Å². The molecule has 0 spiro atoms. The zero-order valence-corrected chi connectivity index (χ0v) is 14.2. The summed E-state index contributed by atoms with van der Waals surface area (Å²) in [4.78, 5) is 26.1. The second kappa shape index (κ2) is 6.88. The number of ketones is 1. The molecule has 1 unspecified atom stereocenters. The molecule has 1 atom stereocenters. The van der Waals surface area contributed by atoms with Gasteiger partial charge >= 0.3 is 5.97 Å². The predicted octanol–water partition coefficient (Wildman–Crippen LogP) is 2.18. The van der Waals surface area contributed by atoms with E-state index in [1.54, 1.807) is 20.8 Å². The summed E-state index contributed by atoms with van der Waals surface area (Å²) in [5.41, 5.74) is -0.566. The van der Waals surface area contributed by atoms with E-state index in [2.05, 4.69) is 25.7 Å². The van der Waals surface area contributed by atoms with E-state index in [4.69, 9.17) is 9.47 Å². The van der Waals surface area contributed by atoms with Gasteiger partial charge < -0.3 is 9.47 Å². The number of esters is 1. The minimum Gasteiger partial charge on any atom is -0.460 e. The summed E-state index contributed by atoms with van der Waals surface area (Å²) in [5, 5.41) is 0. The van der Waals surface area contributed by atoms with Crippen LogP contribution in [0.2, 0.25) is 0 Å². The topological polar surface area (TPSA) is 55.8 Å². The molecule has 0 aliphatic carbocycles. The van der Waals surface area contributed by atoms with E-state index in [1.807, 2.05) is 0 Å². The summed E-state index contributed by atoms with van der Waals surface area (Å²) < 4.78 is 10.7. The van der Waals surface area contributed by atoms with Crippen LogP contribution in [0.1, 0.15) is 54.4 Å². The molecule has 122 valence electrons. The molecule has 0 saturated carbocycles. The highest BCUT2D eigenvalue weighted by atomic mass is 16.6. The molecule has 0 aromatic carbocycles. The van der Waals surface area contributed by atoms with Crippen molar-refractivity contribution in [3.63, 3.8) is 0 Å². The number of hydrogen-bond acceptors (Lipinski definition) is 5. The van der Waals surface area contributed by atoms with Crippen molar-refractivity contribution in [2.45, 2.75) is 71.6 Å². The van der Waals surface area contributed by atoms with Crippen molar-refractivity contribution < 1.29 is 19.1 Å². The van der Waals surface area contributed by atoms with Gasteiger partial charge in [0.25, 0.3) is 0 Å². The maximum atomic E-state index is 12.1. The van der Waals surface area contributed by atoms with Gasteiger partial charge in [0, 0.05) is 24.5 Å². The molecule has 1 rings (SSSR count). The fraction of sp³-hybridized carbons (Fsp3) is 0.875. The minimum absolute atomic E-state index is 0.0132. The van der Waals surface area contributed by atoms with E-state index < -0.39 is 11.6 Å². The van der Waals surface area contributed by atoms with Crippen molar-refractivity contribution in [2.75, 3.05) is 19.8 Å². The first-order valence-corrected chi connectivity index (χ1v) is 7.57. The van der Waals surface area contributed by atoms with Gasteiger partial charge in [-0.2, -0.15) is 0 Å². The largest absolute Gasteiger partial charge is 0.460 e. The number of morpholine rings is 1. The standard InChI is InChI=1S/C16H29NO4/c1-15(2,3)17-7-8-20-11-12(17)9-13(18)10-14(19)21-16(4,5)6/h12H,7-11H2,1-6H3. The van der Waals surface area contributed by atoms with E-state index in [0.717, 1.165) is 6.54 Å². The summed E-state index contributed by atoms with van der Waals surface area (Å²) in [7, 11) is 0. The number of carbonyl (C=O) groups excluding carboxylic acids is 2. The van der Waals surface area contributed by atoms with Gasteiger partial charge in [0.15, 0.2) is 0 Å². The summed E-state index contributed by atoms with van der Waals surface area (Å²) in [6.45, 7) is 13.8. The van der Waals surface area contributed by atoms with Crippen molar-refractivity contribution >= 4 is 11.8 Å². The van der Waals surface area contributed by atoms with E-state index in [0.29, 0.717) is 19.6 Å². The summed E-state index contributed by atoms with van der Waals surface area (Å²) >= 11 is 0. The smallest absolute Gasteiger partial charge is 0.313 e. The van der Waals surface area contributed by atoms with Gasteiger partial charge in [-0.3, -0.25) is 14.5 Å². The zero-order valence-electron chi connectivity index (χ0n) is 14.2. The van der Waals surface area contributed by atoms with Gasteiger partial charge in [-0.1, -0.05) is 0 Å². The van der Waals surface area contributed by atoms with Crippen LogP contribution in [-0.4, -0.2) is 53.6 Å². The molecule has 5 nitrogen and oxygen atoms in total. The third-order valence-corrected chi connectivity index (χ3v) is 3.31. The van der Waals surface area contributed by atoms with Gasteiger partial charge in [0.2, 0.25) is 0 Å². The molecule has 1 aliphatic heterocycles. The first kappa shape index (κ1) is 18.1. The fourth-order valence-corrected chi connectivity index (χ4v) is 2.58. The van der Waals surface area contributed by atoms with E-state index >= 15 is 0 Å². The van der Waals surface area contributed by atoms with Crippen LogP contribution in [0.4, 0.5) is 0 Å². The van der Waals surface area contributed by atoms with Crippen LogP contribution >= 0.6 is 0 Å². The molecule has 1 aliphatic rings. The maximum absolute atomic E-state index is 12.1. The van der Waals surface area contributed by atoms with Gasteiger partial charge in [0.05, 0.1) is 13.2 Å². The molecular formula is C16H29NO4. The molecule has 0 amide bonds. The molecule has 5 heteroatoms. The summed E-state index contributed by atoms with van der Waals surface area (Å²) in [6.07, 6.45) is 0.169. The van der Waals surface area contributed by atoms with Crippen LogP contribution in [0.3, 0.4) is 0 Å². The molecule has 1 fully saturated rings. The highest BCUT2D eigenvalue weighted by molar-refractivity contribution is 5.95. The second-order valence-electron chi connectivity index (χ2n) is 7.60. The monoisotopic (exact) mass is 299 g/mol. The van der Waals surface area contributed by atoms with Crippen molar-refractivity contribution in [3.8, 4) is 0 Å². The first-order chi connectivity index (χ1) is 9.49. The van der Waals surface area contributed by atoms with Crippen LogP contribution in [0.5, 0.6) is 0 Å². The molecular weight excluding hydrogens is 270 g/mol. The Kier molecular flexibility index (Phi) is 5.93. The Balaban J connectivity index is 2.54. The molecule has 1 saturated heterocycles. The zero-order chi connectivity index (χ0) is 16.3. The highest BCUT2D eigenvalue weighted by Gasteiger charge is 2.33. The van der Waals surface area contributed by atoms with Gasteiger partial charge in [-0.15, -0.1) is 0 Å². The second-order valence-corrected chi connectivity index (χ2v) is 7.60. The minimum atomic E-state index is -0.553. The summed E-state index contributed by atoms with van der Waals surface area (Å²) in [5.74, 6) is -0.541. The molecule has 0 bridgehead atoms. The highest BCUT2D eigenvalue weighted by Crippen LogP contribution is 2.22. The third-order valence-electron chi connectivity index (χ3n) is 3.31. The number of rotatable bonds is 4. The third kappa shape index (κ3) is 6.57. The van der Waals surface area contributed by atoms with Crippen LogP contribution in [-0.2, 0) is 19.1 Å². The van der Waals surface area contributed by atoms with Crippen molar-refractivity contribution in [3.05, 3.63) is 0 Å². The van der Waals surface area contributed by atoms with E-state index in [9.17, 15) is 9.59 Å². The molecule has 0 aromatic heterocycles. The maximum Gasteiger partial charge on any atom is 0.313 e.